The Labute approximate surface area is 164 Å². The van der Waals surface area contributed by atoms with Gasteiger partial charge in [0.2, 0.25) is 0 Å². The zero-order valence-corrected chi connectivity index (χ0v) is 16.3. The molecule has 1 aliphatic rings. The lowest BCUT2D eigenvalue weighted by molar-refractivity contribution is -0.146. The van der Waals surface area contributed by atoms with E-state index in [1.165, 1.54) is 0 Å². The summed E-state index contributed by atoms with van der Waals surface area (Å²) in [5.74, 6) is -1.39. The normalized spacial score (nSPS) is 14.1. The third kappa shape index (κ3) is 3.60. The van der Waals surface area contributed by atoms with Gasteiger partial charge in [-0.05, 0) is 43.0 Å². The Morgan fingerprint density at radius 3 is 1.96 bits per heavy atom. The van der Waals surface area contributed by atoms with E-state index < -0.39 is 30.3 Å². The second-order valence-electron chi connectivity index (χ2n) is 7.88. The number of rotatable bonds is 5. The van der Waals surface area contributed by atoms with E-state index >= 15 is 0 Å². The zero-order chi connectivity index (χ0) is 20.5. The molecule has 2 aromatic rings. The standard InChI is InChI=1S/C22H25NO5/c1-22(2,3)23(19(12-24)20(25)26)21(27)28-13-18-16-10-6-4-8-14(16)15-9-5-7-11-17(15)18/h4-11,18-19,24H,12-13H2,1-3H3,(H,25,26)/t19-/m1/s1. The summed E-state index contributed by atoms with van der Waals surface area (Å²) in [6.07, 6.45) is -0.754. The molecule has 0 bridgehead atoms. The minimum Gasteiger partial charge on any atom is -0.480 e. The summed E-state index contributed by atoms with van der Waals surface area (Å²) in [5, 5.41) is 18.9. The van der Waals surface area contributed by atoms with Gasteiger partial charge in [-0.3, -0.25) is 4.90 Å². The molecule has 0 unspecified atom stereocenters. The third-order valence-electron chi connectivity index (χ3n) is 5.03. The summed E-state index contributed by atoms with van der Waals surface area (Å²) in [4.78, 5) is 25.4. The van der Waals surface area contributed by atoms with Gasteiger partial charge in [0.25, 0.3) is 0 Å². The van der Waals surface area contributed by atoms with Gasteiger partial charge in [0, 0.05) is 11.5 Å². The van der Waals surface area contributed by atoms with Gasteiger partial charge in [0.1, 0.15) is 6.61 Å². The van der Waals surface area contributed by atoms with Gasteiger partial charge in [-0.25, -0.2) is 9.59 Å². The van der Waals surface area contributed by atoms with Crippen LogP contribution in [0.2, 0.25) is 0 Å². The molecule has 0 saturated carbocycles. The molecule has 0 aromatic heterocycles. The minimum absolute atomic E-state index is 0.0945. The van der Waals surface area contributed by atoms with Crippen LogP contribution in [-0.4, -0.2) is 52.0 Å². The van der Waals surface area contributed by atoms with Gasteiger partial charge >= 0.3 is 12.1 Å². The molecule has 2 N–H and O–H groups in total. The van der Waals surface area contributed by atoms with Gasteiger partial charge in [0.05, 0.1) is 6.61 Å². The minimum atomic E-state index is -1.37. The van der Waals surface area contributed by atoms with E-state index in [2.05, 4.69) is 0 Å². The summed E-state index contributed by atoms with van der Waals surface area (Å²) < 4.78 is 5.57. The van der Waals surface area contributed by atoms with Crippen molar-refractivity contribution in [3.8, 4) is 11.1 Å². The summed E-state index contributed by atoms with van der Waals surface area (Å²) in [6, 6.07) is 14.6. The van der Waals surface area contributed by atoms with Crippen molar-refractivity contribution >= 4 is 12.1 Å². The number of aliphatic hydroxyl groups is 1. The van der Waals surface area contributed by atoms with Crippen molar-refractivity contribution in [3.63, 3.8) is 0 Å². The quantitative estimate of drug-likeness (QED) is 0.825. The van der Waals surface area contributed by atoms with Gasteiger partial charge in [-0.2, -0.15) is 0 Å². The Morgan fingerprint density at radius 2 is 1.54 bits per heavy atom. The molecule has 0 saturated heterocycles. The number of aliphatic hydroxyl groups excluding tert-OH is 1. The highest BCUT2D eigenvalue weighted by molar-refractivity contribution is 5.81. The van der Waals surface area contributed by atoms with Crippen molar-refractivity contribution in [1.82, 2.24) is 4.90 Å². The van der Waals surface area contributed by atoms with Crippen LogP contribution in [0.4, 0.5) is 4.79 Å². The van der Waals surface area contributed by atoms with Crippen LogP contribution in [0.15, 0.2) is 48.5 Å². The number of hydrogen-bond acceptors (Lipinski definition) is 4. The first kappa shape index (κ1) is 19.9. The van der Waals surface area contributed by atoms with Crippen molar-refractivity contribution in [2.45, 2.75) is 38.3 Å². The fraction of sp³-hybridized carbons (Fsp3) is 0.364. The topological polar surface area (TPSA) is 87.1 Å². The zero-order valence-electron chi connectivity index (χ0n) is 16.3. The van der Waals surface area contributed by atoms with Crippen LogP contribution < -0.4 is 0 Å². The predicted molar refractivity (Wildman–Crippen MR) is 105 cm³/mol. The first-order valence-corrected chi connectivity index (χ1v) is 9.23. The Kier molecular flexibility index (Phi) is 5.42. The van der Waals surface area contributed by atoms with Crippen molar-refractivity contribution in [2.75, 3.05) is 13.2 Å². The Morgan fingerprint density at radius 1 is 1.04 bits per heavy atom. The lowest BCUT2D eigenvalue weighted by Crippen LogP contribution is -2.56. The molecule has 0 spiro atoms. The lowest BCUT2D eigenvalue weighted by atomic mass is 9.98. The number of benzene rings is 2. The largest absolute Gasteiger partial charge is 0.480 e. The number of fused-ring (bicyclic) bond motifs is 3. The van der Waals surface area contributed by atoms with Crippen LogP contribution in [0.25, 0.3) is 11.1 Å². The fourth-order valence-corrected chi connectivity index (χ4v) is 3.80. The smallest absolute Gasteiger partial charge is 0.411 e. The molecule has 0 aliphatic heterocycles. The Bertz CT molecular complexity index is 841. The maximum absolute atomic E-state index is 12.8. The molecule has 1 aliphatic carbocycles. The van der Waals surface area contributed by atoms with E-state index in [-0.39, 0.29) is 12.5 Å². The molecule has 0 radical (unpaired) electrons. The summed E-state index contributed by atoms with van der Waals surface area (Å²) in [6.45, 7) is 4.54. The summed E-state index contributed by atoms with van der Waals surface area (Å²) in [5.41, 5.74) is 3.57. The second-order valence-corrected chi connectivity index (χ2v) is 7.88. The highest BCUT2D eigenvalue weighted by Crippen LogP contribution is 2.44. The van der Waals surface area contributed by atoms with Crippen LogP contribution in [0.5, 0.6) is 0 Å². The lowest BCUT2D eigenvalue weighted by Gasteiger charge is -2.38. The SMILES string of the molecule is CC(C)(C)N(C(=O)OCC1c2ccccc2-c2ccccc21)[C@H](CO)C(=O)O. The number of aliphatic carboxylic acids is 1. The number of carbonyl (C=O) groups is 2. The van der Waals surface area contributed by atoms with Crippen LogP contribution in [0.1, 0.15) is 37.8 Å². The van der Waals surface area contributed by atoms with E-state index in [1.54, 1.807) is 20.8 Å². The number of carbonyl (C=O) groups excluding carboxylic acids is 1. The molecular weight excluding hydrogens is 358 g/mol. The first-order chi connectivity index (χ1) is 13.3. The Balaban J connectivity index is 1.85. The van der Waals surface area contributed by atoms with Gasteiger partial charge in [0.15, 0.2) is 6.04 Å². The molecule has 1 atom stereocenters. The average molecular weight is 383 g/mol. The van der Waals surface area contributed by atoms with E-state index in [0.29, 0.717) is 0 Å². The molecule has 6 heteroatoms. The molecule has 0 heterocycles. The maximum Gasteiger partial charge on any atom is 0.411 e. The third-order valence-corrected chi connectivity index (χ3v) is 5.03. The average Bonchev–Trinajstić information content (AvgIpc) is 2.96. The molecule has 0 fully saturated rings. The molecular formula is C22H25NO5. The van der Waals surface area contributed by atoms with Gasteiger partial charge in [-0.15, -0.1) is 0 Å². The summed E-state index contributed by atoms with van der Waals surface area (Å²) in [7, 11) is 0. The molecule has 3 rings (SSSR count). The maximum atomic E-state index is 12.8. The number of carboxylic acid groups (broad SMARTS) is 1. The number of nitrogens with zero attached hydrogens (tertiary/aromatic N) is 1. The van der Waals surface area contributed by atoms with Gasteiger partial charge in [-0.1, -0.05) is 48.5 Å². The molecule has 28 heavy (non-hydrogen) atoms. The predicted octanol–water partition coefficient (Wildman–Crippen LogP) is 3.48. The van der Waals surface area contributed by atoms with Crippen LogP contribution in [0.3, 0.4) is 0 Å². The van der Waals surface area contributed by atoms with Gasteiger partial charge < -0.3 is 14.9 Å². The molecule has 2 aromatic carbocycles. The van der Waals surface area contributed by atoms with Crippen LogP contribution in [0, 0.1) is 0 Å². The molecule has 1 amide bonds. The molecule has 148 valence electrons. The monoisotopic (exact) mass is 383 g/mol. The van der Waals surface area contributed by atoms with E-state index in [0.717, 1.165) is 27.2 Å². The number of hydrogen-bond donors (Lipinski definition) is 2. The van der Waals surface area contributed by atoms with Crippen LogP contribution in [-0.2, 0) is 9.53 Å². The second kappa shape index (κ2) is 7.64. The van der Waals surface area contributed by atoms with Crippen molar-refractivity contribution in [3.05, 3.63) is 59.7 Å². The highest BCUT2D eigenvalue weighted by Gasteiger charge is 2.39. The summed E-state index contributed by atoms with van der Waals surface area (Å²) >= 11 is 0. The van der Waals surface area contributed by atoms with Crippen molar-refractivity contribution in [2.24, 2.45) is 0 Å². The van der Waals surface area contributed by atoms with E-state index in [1.807, 2.05) is 48.5 Å². The molecule has 6 nitrogen and oxygen atoms in total. The number of carboxylic acids is 1. The first-order valence-electron chi connectivity index (χ1n) is 9.23. The van der Waals surface area contributed by atoms with E-state index in [4.69, 9.17) is 4.74 Å². The van der Waals surface area contributed by atoms with Crippen LogP contribution >= 0.6 is 0 Å². The Hall–Kier alpha value is -2.86. The number of ether oxygens (including phenoxy) is 1. The van der Waals surface area contributed by atoms with Crippen molar-refractivity contribution < 1.29 is 24.5 Å². The fourth-order valence-electron chi connectivity index (χ4n) is 3.80. The highest BCUT2D eigenvalue weighted by atomic mass is 16.6. The number of amides is 1. The van der Waals surface area contributed by atoms with E-state index in [9.17, 15) is 19.8 Å². The van der Waals surface area contributed by atoms with Crippen molar-refractivity contribution in [1.29, 1.82) is 0 Å².